The molecule has 0 aromatic carbocycles. The summed E-state index contributed by atoms with van der Waals surface area (Å²) in [6.07, 6.45) is 16.4. The normalized spacial score (nSPS) is 27.9. The molecule has 19 heavy (non-hydrogen) atoms. The Morgan fingerprint density at radius 1 is 1.11 bits per heavy atom. The number of hydrogen-bond acceptors (Lipinski definition) is 1. The molecule has 0 bridgehead atoms. The molecule has 2 unspecified atom stereocenters. The highest BCUT2D eigenvalue weighted by Crippen LogP contribution is 2.37. The van der Waals surface area contributed by atoms with Crippen LogP contribution in [0.5, 0.6) is 0 Å². The molecule has 0 spiro atoms. The second kappa shape index (κ2) is 9.00. The highest BCUT2D eigenvalue weighted by molar-refractivity contribution is 4.90. The highest BCUT2D eigenvalue weighted by Gasteiger charge is 2.32. The molecule has 1 aliphatic carbocycles. The molecule has 0 heterocycles. The quantitative estimate of drug-likeness (QED) is 0.535. The van der Waals surface area contributed by atoms with Gasteiger partial charge in [0.2, 0.25) is 0 Å². The standard InChI is InChI=1S/C18H37N/c1-4-5-6-7-8-9-12-18(19)13-10-11-17(15-18)14-16(2)3/h16-17H,4-15,19H2,1-3H3. The molecule has 0 aliphatic heterocycles. The molecule has 0 saturated heterocycles. The topological polar surface area (TPSA) is 26.0 Å². The lowest BCUT2D eigenvalue weighted by Crippen LogP contribution is -2.44. The zero-order chi connectivity index (χ0) is 14.1. The monoisotopic (exact) mass is 267 g/mol. The number of rotatable bonds is 9. The number of hydrogen-bond donors (Lipinski definition) is 1. The van der Waals surface area contributed by atoms with Crippen LogP contribution in [0.1, 0.15) is 97.8 Å². The minimum absolute atomic E-state index is 0.183. The molecule has 1 heteroatoms. The SMILES string of the molecule is CCCCCCCCC1(N)CCCC(CC(C)C)C1. The summed E-state index contributed by atoms with van der Waals surface area (Å²) in [5.74, 6) is 1.74. The Bertz CT molecular complexity index is 224. The second-order valence-electron chi connectivity index (χ2n) is 7.47. The fraction of sp³-hybridized carbons (Fsp3) is 1.00. The van der Waals surface area contributed by atoms with Gasteiger partial charge in [-0.2, -0.15) is 0 Å². The lowest BCUT2D eigenvalue weighted by molar-refractivity contribution is 0.188. The average Bonchev–Trinajstić information content (AvgIpc) is 2.33. The average molecular weight is 268 g/mol. The summed E-state index contributed by atoms with van der Waals surface area (Å²) in [6, 6.07) is 0. The first-order valence-corrected chi connectivity index (χ1v) is 8.84. The number of unbranched alkanes of at least 4 members (excludes halogenated alkanes) is 5. The Labute approximate surface area is 121 Å². The van der Waals surface area contributed by atoms with Gasteiger partial charge < -0.3 is 5.73 Å². The van der Waals surface area contributed by atoms with Crippen molar-refractivity contribution in [1.29, 1.82) is 0 Å². The van der Waals surface area contributed by atoms with Crippen LogP contribution in [-0.4, -0.2) is 5.54 Å². The van der Waals surface area contributed by atoms with Crippen LogP contribution in [-0.2, 0) is 0 Å². The van der Waals surface area contributed by atoms with E-state index in [0.29, 0.717) is 0 Å². The van der Waals surface area contributed by atoms with Gasteiger partial charge in [-0.15, -0.1) is 0 Å². The Balaban J connectivity index is 2.19. The van der Waals surface area contributed by atoms with Crippen molar-refractivity contribution >= 4 is 0 Å². The summed E-state index contributed by atoms with van der Waals surface area (Å²) < 4.78 is 0. The van der Waals surface area contributed by atoms with Gasteiger partial charge in [0.15, 0.2) is 0 Å². The first-order valence-electron chi connectivity index (χ1n) is 8.84. The lowest BCUT2D eigenvalue weighted by Gasteiger charge is -2.39. The largest absolute Gasteiger partial charge is 0.325 e. The molecule has 0 radical (unpaired) electrons. The molecule has 0 aromatic rings. The number of nitrogens with two attached hydrogens (primary N) is 1. The molecule has 1 saturated carbocycles. The predicted octanol–water partition coefficient (Wildman–Crippen LogP) is 5.67. The van der Waals surface area contributed by atoms with Crippen LogP contribution in [0.3, 0.4) is 0 Å². The van der Waals surface area contributed by atoms with Crippen LogP contribution in [0, 0.1) is 11.8 Å². The molecule has 0 aromatic heterocycles. The van der Waals surface area contributed by atoms with Crippen molar-refractivity contribution in [2.75, 3.05) is 0 Å². The van der Waals surface area contributed by atoms with E-state index in [-0.39, 0.29) is 5.54 Å². The lowest BCUT2D eigenvalue weighted by atomic mass is 9.71. The van der Waals surface area contributed by atoms with Gasteiger partial charge in [-0.1, -0.05) is 72.1 Å². The van der Waals surface area contributed by atoms with Gasteiger partial charge >= 0.3 is 0 Å². The maximum atomic E-state index is 6.67. The molecule has 1 rings (SSSR count). The minimum atomic E-state index is 0.183. The van der Waals surface area contributed by atoms with Crippen molar-refractivity contribution in [2.45, 2.75) is 103 Å². The summed E-state index contributed by atoms with van der Waals surface area (Å²) in [4.78, 5) is 0. The van der Waals surface area contributed by atoms with Gasteiger partial charge in [0.25, 0.3) is 0 Å². The van der Waals surface area contributed by atoms with Crippen LogP contribution in [0.4, 0.5) is 0 Å². The van der Waals surface area contributed by atoms with Crippen LogP contribution < -0.4 is 5.73 Å². The molecule has 2 atom stereocenters. The maximum absolute atomic E-state index is 6.67. The van der Waals surface area contributed by atoms with Gasteiger partial charge in [0.05, 0.1) is 0 Å². The molecule has 1 nitrogen and oxygen atoms in total. The molecule has 1 fully saturated rings. The van der Waals surface area contributed by atoms with E-state index in [0.717, 1.165) is 11.8 Å². The highest BCUT2D eigenvalue weighted by atomic mass is 14.7. The van der Waals surface area contributed by atoms with Crippen molar-refractivity contribution in [3.63, 3.8) is 0 Å². The summed E-state index contributed by atoms with van der Waals surface area (Å²) in [5, 5.41) is 0. The third-order valence-electron chi connectivity index (χ3n) is 4.82. The Morgan fingerprint density at radius 2 is 1.79 bits per heavy atom. The maximum Gasteiger partial charge on any atom is 0.0157 e. The Kier molecular flexibility index (Phi) is 8.06. The van der Waals surface area contributed by atoms with Gasteiger partial charge in [0.1, 0.15) is 0 Å². The van der Waals surface area contributed by atoms with Gasteiger partial charge in [0, 0.05) is 5.54 Å². The fourth-order valence-corrected chi connectivity index (χ4v) is 3.87. The first kappa shape index (κ1) is 17.0. The summed E-state index contributed by atoms with van der Waals surface area (Å²) in [7, 11) is 0. The summed E-state index contributed by atoms with van der Waals surface area (Å²) in [5.41, 5.74) is 6.85. The van der Waals surface area contributed by atoms with Crippen molar-refractivity contribution in [2.24, 2.45) is 17.6 Å². The van der Waals surface area contributed by atoms with E-state index in [4.69, 9.17) is 5.73 Å². The van der Waals surface area contributed by atoms with Crippen molar-refractivity contribution in [1.82, 2.24) is 0 Å². The van der Waals surface area contributed by atoms with Crippen LogP contribution in [0.2, 0.25) is 0 Å². The zero-order valence-corrected chi connectivity index (χ0v) is 13.7. The molecule has 114 valence electrons. The van der Waals surface area contributed by atoms with Crippen LogP contribution >= 0.6 is 0 Å². The smallest absolute Gasteiger partial charge is 0.0157 e. The van der Waals surface area contributed by atoms with Gasteiger partial charge in [-0.05, 0) is 37.5 Å². The summed E-state index contributed by atoms with van der Waals surface area (Å²) >= 11 is 0. The van der Waals surface area contributed by atoms with Crippen molar-refractivity contribution in [3.05, 3.63) is 0 Å². The van der Waals surface area contributed by atoms with E-state index in [1.54, 1.807) is 0 Å². The summed E-state index contributed by atoms with van der Waals surface area (Å²) in [6.45, 7) is 6.98. The van der Waals surface area contributed by atoms with Crippen molar-refractivity contribution in [3.8, 4) is 0 Å². The molecule has 1 aliphatic rings. The van der Waals surface area contributed by atoms with Gasteiger partial charge in [-0.3, -0.25) is 0 Å². The van der Waals surface area contributed by atoms with E-state index in [1.165, 1.54) is 77.0 Å². The fourth-order valence-electron chi connectivity index (χ4n) is 3.87. The van der Waals surface area contributed by atoms with Gasteiger partial charge in [-0.25, -0.2) is 0 Å². The van der Waals surface area contributed by atoms with E-state index in [2.05, 4.69) is 20.8 Å². The Hall–Kier alpha value is -0.0400. The third-order valence-corrected chi connectivity index (χ3v) is 4.82. The zero-order valence-electron chi connectivity index (χ0n) is 13.7. The van der Waals surface area contributed by atoms with E-state index in [1.807, 2.05) is 0 Å². The molecular formula is C18H37N. The third kappa shape index (κ3) is 7.34. The molecule has 0 amide bonds. The van der Waals surface area contributed by atoms with Crippen molar-refractivity contribution < 1.29 is 0 Å². The molecule has 2 N–H and O–H groups in total. The minimum Gasteiger partial charge on any atom is -0.325 e. The Morgan fingerprint density at radius 3 is 2.47 bits per heavy atom. The first-order chi connectivity index (χ1) is 9.06. The van der Waals surface area contributed by atoms with E-state index in [9.17, 15) is 0 Å². The van der Waals surface area contributed by atoms with Crippen LogP contribution in [0.15, 0.2) is 0 Å². The molecular weight excluding hydrogens is 230 g/mol. The van der Waals surface area contributed by atoms with E-state index < -0.39 is 0 Å². The van der Waals surface area contributed by atoms with Crippen LogP contribution in [0.25, 0.3) is 0 Å². The van der Waals surface area contributed by atoms with E-state index >= 15 is 0 Å². The predicted molar refractivity (Wildman–Crippen MR) is 86.3 cm³/mol. The second-order valence-corrected chi connectivity index (χ2v) is 7.47.